The minimum atomic E-state index is -0.237. The average molecular weight is 420 g/mol. The number of hydrogen-bond acceptors (Lipinski definition) is 7. The van der Waals surface area contributed by atoms with Crippen molar-refractivity contribution < 1.29 is 14.3 Å². The van der Waals surface area contributed by atoms with Crippen LogP contribution in [0.4, 0.5) is 5.69 Å². The summed E-state index contributed by atoms with van der Waals surface area (Å²) in [5, 5.41) is 15.4. The van der Waals surface area contributed by atoms with E-state index in [1.807, 2.05) is 30.3 Å². The van der Waals surface area contributed by atoms with Gasteiger partial charge >= 0.3 is 0 Å². The lowest BCUT2D eigenvalue weighted by Gasteiger charge is -2.13. The van der Waals surface area contributed by atoms with Gasteiger partial charge in [-0.15, -0.1) is 5.10 Å². The zero-order valence-corrected chi connectivity index (χ0v) is 16.8. The molecule has 0 atom stereocenters. The van der Waals surface area contributed by atoms with Crippen LogP contribution in [0.3, 0.4) is 0 Å². The van der Waals surface area contributed by atoms with E-state index in [1.54, 1.807) is 16.8 Å². The zero-order valence-electron chi connectivity index (χ0n) is 15.3. The van der Waals surface area contributed by atoms with Crippen molar-refractivity contribution in [2.24, 2.45) is 0 Å². The molecule has 0 spiro atoms. The van der Waals surface area contributed by atoms with Crippen LogP contribution in [0.15, 0.2) is 47.6 Å². The highest BCUT2D eigenvalue weighted by molar-refractivity contribution is 7.99. The van der Waals surface area contributed by atoms with Crippen molar-refractivity contribution in [1.29, 1.82) is 0 Å². The van der Waals surface area contributed by atoms with E-state index in [9.17, 15) is 4.79 Å². The molecule has 0 unspecified atom stereocenters. The molecule has 0 radical (unpaired) electrons. The van der Waals surface area contributed by atoms with Gasteiger partial charge in [0, 0.05) is 6.07 Å². The number of halogens is 1. The zero-order chi connectivity index (χ0) is 19.9. The Labute approximate surface area is 171 Å². The van der Waals surface area contributed by atoms with Crippen LogP contribution < -0.4 is 14.8 Å². The van der Waals surface area contributed by atoms with Gasteiger partial charge in [0.1, 0.15) is 11.5 Å². The lowest BCUT2D eigenvalue weighted by molar-refractivity contribution is -0.113. The number of rotatable bonds is 8. The second-order valence-corrected chi connectivity index (χ2v) is 6.98. The van der Waals surface area contributed by atoms with E-state index in [4.69, 9.17) is 21.1 Å². The largest absolute Gasteiger partial charge is 0.495 e. The van der Waals surface area contributed by atoms with Gasteiger partial charge in [0.2, 0.25) is 11.1 Å². The van der Waals surface area contributed by atoms with Gasteiger partial charge in [0.25, 0.3) is 0 Å². The van der Waals surface area contributed by atoms with E-state index >= 15 is 0 Å². The summed E-state index contributed by atoms with van der Waals surface area (Å²) in [6.07, 6.45) is 0. The Hall–Kier alpha value is -2.78. The van der Waals surface area contributed by atoms with Crippen molar-refractivity contribution in [3.05, 3.63) is 53.1 Å². The first kappa shape index (κ1) is 20.0. The average Bonchev–Trinajstić information content (AvgIpc) is 3.14. The van der Waals surface area contributed by atoms with Gasteiger partial charge in [0.05, 0.1) is 37.2 Å². The van der Waals surface area contributed by atoms with Crippen molar-refractivity contribution >= 4 is 35.0 Å². The number of methoxy groups -OCH3 is 2. The fraction of sp³-hybridized carbons (Fsp3) is 0.222. The molecule has 8 nitrogen and oxygen atoms in total. The number of carbonyl (C=O) groups is 1. The van der Waals surface area contributed by atoms with E-state index in [1.165, 1.54) is 26.0 Å². The Bertz CT molecular complexity index is 952. The van der Waals surface area contributed by atoms with Crippen molar-refractivity contribution in [3.63, 3.8) is 0 Å². The van der Waals surface area contributed by atoms with Crippen molar-refractivity contribution in [2.75, 3.05) is 25.3 Å². The fourth-order valence-electron chi connectivity index (χ4n) is 2.43. The second-order valence-electron chi connectivity index (χ2n) is 5.63. The smallest absolute Gasteiger partial charge is 0.234 e. The molecule has 1 aromatic heterocycles. The van der Waals surface area contributed by atoms with Gasteiger partial charge < -0.3 is 14.8 Å². The Morgan fingerprint density at radius 1 is 1.18 bits per heavy atom. The van der Waals surface area contributed by atoms with Crippen molar-refractivity contribution in [2.45, 2.75) is 11.7 Å². The predicted octanol–water partition coefficient (Wildman–Crippen LogP) is 3.12. The molecule has 2 aromatic carbocycles. The standard InChI is InChI=1S/C18H18ClN5O3S/c1-26-15-9-16(27-2)14(8-13(15)19)20-17(25)11-28-18-21-22-23-24(18)10-12-6-4-3-5-7-12/h3-9H,10-11H2,1-2H3,(H,20,25). The number of tetrazole rings is 1. The predicted molar refractivity (Wildman–Crippen MR) is 107 cm³/mol. The minimum absolute atomic E-state index is 0.127. The first-order valence-electron chi connectivity index (χ1n) is 8.25. The van der Waals surface area contributed by atoms with Crippen LogP contribution in [-0.2, 0) is 11.3 Å². The summed E-state index contributed by atoms with van der Waals surface area (Å²) in [6, 6.07) is 13.0. The first-order valence-corrected chi connectivity index (χ1v) is 9.61. The van der Waals surface area contributed by atoms with E-state index in [0.29, 0.717) is 33.9 Å². The third kappa shape index (κ3) is 4.93. The molecule has 3 aromatic rings. The number of thioether (sulfide) groups is 1. The molecule has 146 valence electrons. The number of nitrogens with one attached hydrogen (secondary N) is 1. The Morgan fingerprint density at radius 3 is 2.64 bits per heavy atom. The molecule has 1 heterocycles. The maximum Gasteiger partial charge on any atom is 0.234 e. The van der Waals surface area contributed by atoms with Gasteiger partial charge in [0.15, 0.2) is 0 Å². The monoisotopic (exact) mass is 419 g/mol. The third-order valence-electron chi connectivity index (χ3n) is 3.75. The molecule has 0 aliphatic carbocycles. The minimum Gasteiger partial charge on any atom is -0.495 e. The first-order chi connectivity index (χ1) is 13.6. The molecule has 1 N–H and O–H groups in total. The number of ether oxygens (including phenoxy) is 2. The normalized spacial score (nSPS) is 10.5. The number of hydrogen-bond donors (Lipinski definition) is 1. The summed E-state index contributed by atoms with van der Waals surface area (Å²) in [7, 11) is 3.01. The number of amides is 1. The molecule has 0 saturated carbocycles. The van der Waals surface area contributed by atoms with Crippen LogP contribution in [0.2, 0.25) is 5.02 Å². The van der Waals surface area contributed by atoms with Crippen LogP contribution in [0.5, 0.6) is 11.5 Å². The summed E-state index contributed by atoms with van der Waals surface area (Å²) < 4.78 is 12.1. The summed E-state index contributed by atoms with van der Waals surface area (Å²) in [4.78, 5) is 12.4. The quantitative estimate of drug-likeness (QED) is 0.561. The van der Waals surface area contributed by atoms with E-state index in [2.05, 4.69) is 20.8 Å². The number of benzene rings is 2. The lowest BCUT2D eigenvalue weighted by Crippen LogP contribution is -2.15. The van der Waals surface area contributed by atoms with E-state index in [-0.39, 0.29) is 11.7 Å². The molecule has 0 aliphatic rings. The van der Waals surface area contributed by atoms with Gasteiger partial charge in [-0.3, -0.25) is 4.79 Å². The Kier molecular flexibility index (Phi) is 6.72. The summed E-state index contributed by atoms with van der Waals surface area (Å²) in [6.45, 7) is 0.527. The fourth-order valence-corrected chi connectivity index (χ4v) is 3.35. The van der Waals surface area contributed by atoms with E-state index in [0.717, 1.165) is 5.56 Å². The summed E-state index contributed by atoms with van der Waals surface area (Å²) in [5.74, 6) is 0.806. The summed E-state index contributed by atoms with van der Waals surface area (Å²) >= 11 is 7.37. The SMILES string of the molecule is COc1cc(OC)c(NC(=O)CSc2nnnn2Cc2ccccc2)cc1Cl. The van der Waals surface area contributed by atoms with Crippen molar-refractivity contribution in [1.82, 2.24) is 20.2 Å². The number of aromatic nitrogens is 4. The highest BCUT2D eigenvalue weighted by Crippen LogP contribution is 2.36. The molecule has 0 aliphatic heterocycles. The highest BCUT2D eigenvalue weighted by Gasteiger charge is 2.14. The van der Waals surface area contributed by atoms with Gasteiger partial charge in [-0.05, 0) is 22.1 Å². The molecule has 10 heteroatoms. The molecular weight excluding hydrogens is 402 g/mol. The number of nitrogens with zero attached hydrogens (tertiary/aromatic N) is 4. The molecule has 28 heavy (non-hydrogen) atoms. The summed E-state index contributed by atoms with van der Waals surface area (Å²) in [5.41, 5.74) is 1.53. The maximum absolute atomic E-state index is 12.4. The van der Waals surface area contributed by atoms with Gasteiger partial charge in [-0.25, -0.2) is 4.68 Å². The molecule has 3 rings (SSSR count). The number of carbonyl (C=O) groups excluding carboxylic acids is 1. The topological polar surface area (TPSA) is 91.2 Å². The molecule has 1 amide bonds. The Balaban J connectivity index is 1.63. The molecule has 0 saturated heterocycles. The van der Waals surface area contributed by atoms with E-state index < -0.39 is 0 Å². The molecular formula is C18H18ClN5O3S. The van der Waals surface area contributed by atoms with Crippen LogP contribution in [-0.4, -0.2) is 46.1 Å². The van der Waals surface area contributed by atoms with Crippen molar-refractivity contribution in [3.8, 4) is 11.5 Å². The highest BCUT2D eigenvalue weighted by atomic mass is 35.5. The molecule has 0 bridgehead atoms. The van der Waals surface area contributed by atoms with Crippen LogP contribution in [0.1, 0.15) is 5.56 Å². The third-order valence-corrected chi connectivity index (χ3v) is 5.01. The maximum atomic E-state index is 12.4. The Morgan fingerprint density at radius 2 is 1.93 bits per heavy atom. The van der Waals surface area contributed by atoms with Gasteiger partial charge in [-0.2, -0.15) is 0 Å². The number of anilines is 1. The second kappa shape index (κ2) is 9.43. The van der Waals surface area contributed by atoms with Gasteiger partial charge in [-0.1, -0.05) is 53.7 Å². The van der Waals surface area contributed by atoms with Crippen LogP contribution in [0.25, 0.3) is 0 Å². The molecule has 0 fully saturated rings. The van der Waals surface area contributed by atoms with Crippen LogP contribution in [0, 0.1) is 0 Å². The lowest BCUT2D eigenvalue weighted by atomic mass is 10.2. The van der Waals surface area contributed by atoms with Crippen LogP contribution >= 0.6 is 23.4 Å².